The molecule has 1 saturated heterocycles. The fourth-order valence-corrected chi connectivity index (χ4v) is 5.04. The molecule has 1 atom stereocenters. The lowest BCUT2D eigenvalue weighted by Crippen LogP contribution is -2.53. The zero-order valence-electron chi connectivity index (χ0n) is 16.0. The fraction of sp³-hybridized carbons (Fsp3) is 0.364. The second-order valence-electron chi connectivity index (χ2n) is 7.74. The van der Waals surface area contributed by atoms with Gasteiger partial charge in [-0.15, -0.1) is 0 Å². The molecule has 1 N–H and O–H groups in total. The minimum Gasteiger partial charge on any atom is -0.459 e. The molecule has 1 fully saturated rings. The maximum Gasteiger partial charge on any atom is 0.290 e. The lowest BCUT2D eigenvalue weighted by molar-refractivity contribution is -0.138. The summed E-state index contributed by atoms with van der Waals surface area (Å²) < 4.78 is 6.33. The number of halogens is 1. The largest absolute Gasteiger partial charge is 0.459 e. The molecule has 150 valence electrons. The van der Waals surface area contributed by atoms with Gasteiger partial charge in [0.2, 0.25) is 5.91 Å². The maximum atomic E-state index is 13.5. The van der Waals surface area contributed by atoms with E-state index in [0.717, 1.165) is 34.6 Å². The zero-order valence-corrected chi connectivity index (χ0v) is 17.6. The number of carbonyl (C=O) groups excluding carboxylic acids is 2. The van der Waals surface area contributed by atoms with Crippen LogP contribution in [0.1, 0.15) is 41.1 Å². The minimum absolute atomic E-state index is 0.0413. The Hall–Kier alpha value is -2.54. The van der Waals surface area contributed by atoms with Gasteiger partial charge in [0.1, 0.15) is 6.04 Å². The number of amides is 2. The quantitative estimate of drug-likeness (QED) is 0.632. The van der Waals surface area contributed by atoms with Gasteiger partial charge in [-0.05, 0) is 53.4 Å². The van der Waals surface area contributed by atoms with Crippen molar-refractivity contribution in [1.82, 2.24) is 14.8 Å². The van der Waals surface area contributed by atoms with Crippen LogP contribution in [-0.2, 0) is 17.8 Å². The highest BCUT2D eigenvalue weighted by atomic mass is 79.9. The number of likely N-dealkylation sites (tertiary alicyclic amines) is 1. The molecule has 2 aliphatic heterocycles. The van der Waals surface area contributed by atoms with Gasteiger partial charge in [0.15, 0.2) is 5.76 Å². The molecule has 0 radical (unpaired) electrons. The first-order chi connectivity index (χ1) is 14.1. The van der Waals surface area contributed by atoms with Crippen molar-refractivity contribution in [2.75, 3.05) is 13.1 Å². The van der Waals surface area contributed by atoms with Crippen molar-refractivity contribution in [2.24, 2.45) is 0 Å². The Morgan fingerprint density at radius 2 is 2.03 bits per heavy atom. The van der Waals surface area contributed by atoms with E-state index in [0.29, 0.717) is 31.8 Å². The van der Waals surface area contributed by atoms with Crippen LogP contribution in [0.25, 0.3) is 10.9 Å². The van der Waals surface area contributed by atoms with Crippen molar-refractivity contribution in [3.63, 3.8) is 0 Å². The molecule has 0 bridgehead atoms. The summed E-state index contributed by atoms with van der Waals surface area (Å²) in [7, 11) is 0. The standard InChI is InChI=1S/C22H22BrN3O3/c23-16-6-3-5-14-15-13-25(11-9-17(15)24-20(14)16)21(27)18-7-1-2-10-26(18)22(28)19-8-4-12-29-19/h3-6,8,12,18,24H,1-2,7,9-11,13H2. The molecule has 2 aliphatic rings. The molecule has 1 aromatic carbocycles. The highest BCUT2D eigenvalue weighted by molar-refractivity contribution is 9.10. The summed E-state index contributed by atoms with van der Waals surface area (Å²) in [5, 5.41) is 1.15. The molecular weight excluding hydrogens is 434 g/mol. The second-order valence-corrected chi connectivity index (χ2v) is 8.60. The number of piperidine rings is 1. The van der Waals surface area contributed by atoms with Crippen LogP contribution in [0.4, 0.5) is 0 Å². The Balaban J connectivity index is 1.41. The van der Waals surface area contributed by atoms with Crippen LogP contribution in [-0.4, -0.2) is 45.7 Å². The SMILES string of the molecule is O=C(C1CCCCN1C(=O)c1ccco1)N1CCc2[nH]c3c(Br)cccc3c2C1. The molecule has 0 aliphatic carbocycles. The van der Waals surface area contributed by atoms with Crippen molar-refractivity contribution in [1.29, 1.82) is 0 Å². The van der Waals surface area contributed by atoms with Crippen LogP contribution in [0.3, 0.4) is 0 Å². The Kier molecular flexibility index (Phi) is 4.70. The number of hydrogen-bond acceptors (Lipinski definition) is 3. The van der Waals surface area contributed by atoms with Crippen LogP contribution in [0.15, 0.2) is 45.5 Å². The number of nitrogens with one attached hydrogen (secondary N) is 1. The highest BCUT2D eigenvalue weighted by Gasteiger charge is 2.37. The predicted molar refractivity (Wildman–Crippen MR) is 113 cm³/mol. The number of rotatable bonds is 2. The molecule has 4 heterocycles. The van der Waals surface area contributed by atoms with Gasteiger partial charge in [-0.3, -0.25) is 9.59 Å². The summed E-state index contributed by atoms with van der Waals surface area (Å²) in [5.41, 5.74) is 3.46. The Bertz CT molecular complexity index is 1070. The Labute approximate surface area is 177 Å². The summed E-state index contributed by atoms with van der Waals surface area (Å²) in [6.45, 7) is 1.83. The summed E-state index contributed by atoms with van der Waals surface area (Å²) in [4.78, 5) is 33.5. The summed E-state index contributed by atoms with van der Waals surface area (Å²) in [6, 6.07) is 9.08. The van der Waals surface area contributed by atoms with Crippen molar-refractivity contribution < 1.29 is 14.0 Å². The normalized spacial score (nSPS) is 19.4. The smallest absolute Gasteiger partial charge is 0.290 e. The first kappa shape index (κ1) is 18.5. The maximum absolute atomic E-state index is 13.5. The lowest BCUT2D eigenvalue weighted by atomic mass is 9.98. The zero-order chi connectivity index (χ0) is 20.0. The van der Waals surface area contributed by atoms with Gasteiger partial charge in [-0.25, -0.2) is 0 Å². The molecule has 1 unspecified atom stereocenters. The molecule has 7 heteroatoms. The van der Waals surface area contributed by atoms with Crippen LogP contribution < -0.4 is 0 Å². The average Bonchev–Trinajstić information content (AvgIpc) is 3.41. The summed E-state index contributed by atoms with van der Waals surface area (Å²) in [5.74, 6) is 0.147. The van der Waals surface area contributed by atoms with E-state index in [1.165, 1.54) is 17.5 Å². The number of H-pyrrole nitrogens is 1. The molecule has 29 heavy (non-hydrogen) atoms. The average molecular weight is 456 g/mol. The first-order valence-electron chi connectivity index (χ1n) is 10.0. The van der Waals surface area contributed by atoms with E-state index in [4.69, 9.17) is 4.42 Å². The number of furan rings is 1. The highest BCUT2D eigenvalue weighted by Crippen LogP contribution is 2.32. The topological polar surface area (TPSA) is 69.6 Å². The molecular formula is C22H22BrN3O3. The number of aromatic nitrogens is 1. The monoisotopic (exact) mass is 455 g/mol. The van der Waals surface area contributed by atoms with E-state index in [1.54, 1.807) is 17.0 Å². The number of fused-ring (bicyclic) bond motifs is 3. The summed E-state index contributed by atoms with van der Waals surface area (Å²) >= 11 is 3.61. The fourth-order valence-electron chi connectivity index (χ4n) is 4.57. The molecule has 3 aromatic rings. The molecule has 6 nitrogen and oxygen atoms in total. The predicted octanol–water partition coefficient (Wildman–Crippen LogP) is 4.10. The van der Waals surface area contributed by atoms with E-state index < -0.39 is 6.04 Å². The first-order valence-corrected chi connectivity index (χ1v) is 10.8. The van der Waals surface area contributed by atoms with Gasteiger partial charge in [0.05, 0.1) is 11.8 Å². The second kappa shape index (κ2) is 7.37. The number of carbonyl (C=O) groups is 2. The number of aromatic amines is 1. The van der Waals surface area contributed by atoms with Crippen LogP contribution in [0, 0.1) is 0 Å². The van der Waals surface area contributed by atoms with Crippen molar-refractivity contribution in [3.8, 4) is 0 Å². The number of benzene rings is 1. The van der Waals surface area contributed by atoms with Crippen molar-refractivity contribution in [3.05, 3.63) is 58.1 Å². The van der Waals surface area contributed by atoms with E-state index in [-0.39, 0.29) is 11.8 Å². The van der Waals surface area contributed by atoms with Crippen LogP contribution >= 0.6 is 15.9 Å². The van der Waals surface area contributed by atoms with Crippen LogP contribution in [0.2, 0.25) is 0 Å². The Morgan fingerprint density at radius 1 is 1.14 bits per heavy atom. The van der Waals surface area contributed by atoms with Crippen molar-refractivity contribution in [2.45, 2.75) is 38.3 Å². The lowest BCUT2D eigenvalue weighted by Gasteiger charge is -2.38. The van der Waals surface area contributed by atoms with Gasteiger partial charge in [0, 0.05) is 47.2 Å². The van der Waals surface area contributed by atoms with E-state index >= 15 is 0 Å². The molecule has 2 amide bonds. The number of hydrogen-bond donors (Lipinski definition) is 1. The number of nitrogens with zero attached hydrogens (tertiary/aromatic N) is 2. The van der Waals surface area contributed by atoms with Gasteiger partial charge in [-0.2, -0.15) is 0 Å². The van der Waals surface area contributed by atoms with E-state index in [1.807, 2.05) is 17.0 Å². The summed E-state index contributed by atoms with van der Waals surface area (Å²) in [6.07, 6.45) is 4.86. The van der Waals surface area contributed by atoms with E-state index in [2.05, 4.69) is 27.0 Å². The van der Waals surface area contributed by atoms with E-state index in [9.17, 15) is 9.59 Å². The molecule has 0 spiro atoms. The minimum atomic E-state index is -0.417. The molecule has 0 saturated carbocycles. The third-order valence-electron chi connectivity index (χ3n) is 6.05. The van der Waals surface area contributed by atoms with Gasteiger partial charge in [0.25, 0.3) is 5.91 Å². The van der Waals surface area contributed by atoms with Gasteiger partial charge >= 0.3 is 0 Å². The van der Waals surface area contributed by atoms with Gasteiger partial charge in [-0.1, -0.05) is 12.1 Å². The van der Waals surface area contributed by atoms with Crippen LogP contribution in [0.5, 0.6) is 0 Å². The Morgan fingerprint density at radius 3 is 2.86 bits per heavy atom. The van der Waals surface area contributed by atoms with Crippen molar-refractivity contribution >= 4 is 38.6 Å². The third kappa shape index (κ3) is 3.17. The van der Waals surface area contributed by atoms with Gasteiger partial charge < -0.3 is 19.2 Å². The number of para-hydroxylation sites is 1. The molecule has 5 rings (SSSR count). The molecule has 2 aromatic heterocycles. The third-order valence-corrected chi connectivity index (χ3v) is 6.71.